The van der Waals surface area contributed by atoms with Crippen molar-refractivity contribution in [1.29, 1.82) is 0 Å². The number of aryl methyl sites for hydroxylation is 1. The molecule has 0 atom stereocenters. The Morgan fingerprint density at radius 1 is 1.24 bits per heavy atom. The molecule has 1 aromatic heterocycles. The summed E-state index contributed by atoms with van der Waals surface area (Å²) in [5.41, 5.74) is 0.899. The minimum absolute atomic E-state index is 0.0878. The van der Waals surface area contributed by atoms with Crippen molar-refractivity contribution in [2.75, 3.05) is 5.75 Å². The Bertz CT molecular complexity index is 660. The lowest BCUT2D eigenvalue weighted by molar-refractivity contribution is 0.551. The van der Waals surface area contributed by atoms with E-state index in [1.54, 1.807) is 24.3 Å². The van der Waals surface area contributed by atoms with Crippen molar-refractivity contribution in [3.8, 4) is 0 Å². The molecule has 7 heteroatoms. The molecule has 17 heavy (non-hydrogen) atoms. The molecule has 0 bridgehead atoms. The zero-order valence-corrected chi connectivity index (χ0v) is 10.2. The summed E-state index contributed by atoms with van der Waals surface area (Å²) in [5.74, 6) is -0.639. The summed E-state index contributed by atoms with van der Waals surface area (Å²) in [4.78, 5) is 0. The smallest absolute Gasteiger partial charge is 0.195 e. The number of hydrogen-bond acceptors (Lipinski definition) is 4. The van der Waals surface area contributed by atoms with Gasteiger partial charge in [0.25, 0.3) is 0 Å². The maximum atomic E-state index is 12.4. The van der Waals surface area contributed by atoms with Crippen molar-refractivity contribution in [2.45, 2.75) is 6.42 Å². The third-order valence-corrected chi connectivity index (χ3v) is 3.37. The van der Waals surface area contributed by atoms with Gasteiger partial charge in [-0.25, -0.2) is 0 Å². The van der Waals surface area contributed by atoms with Gasteiger partial charge in [-0.05, 0) is 6.07 Å². The predicted molar refractivity (Wildman–Crippen MR) is 63.1 cm³/mol. The third-order valence-electron chi connectivity index (χ3n) is 2.26. The van der Waals surface area contributed by atoms with E-state index in [1.165, 1.54) is 0 Å². The molecule has 0 saturated carbocycles. The summed E-state index contributed by atoms with van der Waals surface area (Å²) < 4.78 is 33.2. The summed E-state index contributed by atoms with van der Waals surface area (Å²) in [6, 6.07) is 7.06. The van der Waals surface area contributed by atoms with Crippen molar-refractivity contribution in [1.82, 2.24) is 10.2 Å². The standard InChI is InChI=1S/C10H8ClFN2O2S/c11-10-7-3-1-2-4-8(7)13-14-9(10)5-6-17(12,15)16/h1-4H,5-6H2. The highest BCUT2D eigenvalue weighted by molar-refractivity contribution is 7.86. The molecule has 0 N–H and O–H groups in total. The Balaban J connectivity index is 2.39. The minimum Gasteiger partial charge on any atom is -0.195 e. The fraction of sp³-hybridized carbons (Fsp3) is 0.200. The van der Waals surface area contributed by atoms with E-state index in [0.717, 1.165) is 0 Å². The lowest BCUT2D eigenvalue weighted by Crippen LogP contribution is -2.05. The van der Waals surface area contributed by atoms with E-state index in [9.17, 15) is 12.3 Å². The van der Waals surface area contributed by atoms with Gasteiger partial charge in [0, 0.05) is 11.8 Å². The monoisotopic (exact) mass is 274 g/mol. The van der Waals surface area contributed by atoms with E-state index in [1.807, 2.05) is 0 Å². The molecule has 2 aromatic rings. The number of fused-ring (bicyclic) bond motifs is 1. The zero-order valence-electron chi connectivity index (χ0n) is 8.60. The largest absolute Gasteiger partial charge is 0.302 e. The van der Waals surface area contributed by atoms with Crippen molar-refractivity contribution in [3.63, 3.8) is 0 Å². The van der Waals surface area contributed by atoms with Crippen molar-refractivity contribution in [3.05, 3.63) is 35.0 Å². The summed E-state index contributed by atoms with van der Waals surface area (Å²) in [6.07, 6.45) is -0.0878. The molecule has 1 heterocycles. The summed E-state index contributed by atoms with van der Waals surface area (Å²) in [6.45, 7) is 0. The molecule has 0 fully saturated rings. The molecule has 0 aliphatic heterocycles. The Morgan fingerprint density at radius 3 is 2.65 bits per heavy atom. The minimum atomic E-state index is -4.52. The van der Waals surface area contributed by atoms with Gasteiger partial charge in [-0.3, -0.25) is 0 Å². The van der Waals surface area contributed by atoms with Crippen LogP contribution >= 0.6 is 11.6 Å². The van der Waals surface area contributed by atoms with Gasteiger partial charge in [-0.1, -0.05) is 29.8 Å². The van der Waals surface area contributed by atoms with Gasteiger partial charge in [-0.2, -0.15) is 18.6 Å². The molecule has 0 aliphatic rings. The Labute approximate surface area is 103 Å². The second-order valence-corrected chi connectivity index (χ2v) is 5.33. The first kappa shape index (κ1) is 12.2. The van der Waals surface area contributed by atoms with Gasteiger partial charge in [0.2, 0.25) is 0 Å². The van der Waals surface area contributed by atoms with Crippen LogP contribution in [0.2, 0.25) is 5.02 Å². The normalized spacial score (nSPS) is 11.9. The molecular formula is C10H8ClFN2O2S. The third kappa shape index (κ3) is 2.89. The van der Waals surface area contributed by atoms with E-state index in [0.29, 0.717) is 15.9 Å². The molecule has 0 amide bonds. The fourth-order valence-corrected chi connectivity index (χ4v) is 2.17. The second-order valence-electron chi connectivity index (χ2n) is 3.47. The Kier molecular flexibility index (Phi) is 3.26. The second kappa shape index (κ2) is 4.54. The van der Waals surface area contributed by atoms with Crippen LogP contribution in [0.5, 0.6) is 0 Å². The van der Waals surface area contributed by atoms with Crippen molar-refractivity contribution in [2.24, 2.45) is 0 Å². The van der Waals surface area contributed by atoms with Crippen LogP contribution in [0.15, 0.2) is 24.3 Å². The molecular weight excluding hydrogens is 267 g/mol. The van der Waals surface area contributed by atoms with Gasteiger partial charge in [-0.15, -0.1) is 3.89 Å². The van der Waals surface area contributed by atoms with Crippen LogP contribution in [0.3, 0.4) is 0 Å². The predicted octanol–water partition coefficient (Wildman–Crippen LogP) is 2.12. The molecule has 0 unspecified atom stereocenters. The van der Waals surface area contributed by atoms with Crippen LogP contribution in [0.4, 0.5) is 3.89 Å². The highest BCUT2D eigenvalue weighted by atomic mass is 35.5. The van der Waals surface area contributed by atoms with Crippen LogP contribution < -0.4 is 0 Å². The van der Waals surface area contributed by atoms with Gasteiger partial charge < -0.3 is 0 Å². The number of nitrogens with zero attached hydrogens (tertiary/aromatic N) is 2. The first-order valence-electron chi connectivity index (χ1n) is 4.79. The number of aromatic nitrogens is 2. The summed E-state index contributed by atoms with van der Waals surface area (Å²) in [7, 11) is -4.52. The molecule has 0 radical (unpaired) electrons. The molecule has 2 rings (SSSR count). The van der Waals surface area contributed by atoms with Crippen molar-refractivity contribution >= 4 is 32.7 Å². The van der Waals surface area contributed by atoms with E-state index < -0.39 is 16.0 Å². The molecule has 0 saturated heterocycles. The van der Waals surface area contributed by atoms with E-state index in [-0.39, 0.29) is 12.1 Å². The van der Waals surface area contributed by atoms with Gasteiger partial charge in [0.15, 0.2) is 0 Å². The molecule has 90 valence electrons. The lowest BCUT2D eigenvalue weighted by Gasteiger charge is -2.04. The maximum Gasteiger partial charge on any atom is 0.302 e. The number of halogens is 2. The zero-order chi connectivity index (χ0) is 12.5. The average molecular weight is 275 g/mol. The van der Waals surface area contributed by atoms with Gasteiger partial charge >= 0.3 is 10.2 Å². The Morgan fingerprint density at radius 2 is 1.94 bits per heavy atom. The van der Waals surface area contributed by atoms with Crippen LogP contribution in [-0.4, -0.2) is 24.4 Å². The van der Waals surface area contributed by atoms with Gasteiger partial charge in [0.05, 0.1) is 22.0 Å². The fourth-order valence-electron chi connectivity index (χ4n) is 1.44. The van der Waals surface area contributed by atoms with E-state index >= 15 is 0 Å². The van der Waals surface area contributed by atoms with Crippen LogP contribution in [0, 0.1) is 0 Å². The van der Waals surface area contributed by atoms with Crippen LogP contribution in [0.25, 0.3) is 10.9 Å². The van der Waals surface area contributed by atoms with Gasteiger partial charge in [0.1, 0.15) is 0 Å². The Hall–Kier alpha value is -1.27. The summed E-state index contributed by atoms with van der Waals surface area (Å²) in [5, 5.41) is 8.68. The number of hydrogen-bond donors (Lipinski definition) is 0. The van der Waals surface area contributed by atoms with E-state index in [2.05, 4.69) is 10.2 Å². The number of rotatable bonds is 3. The molecule has 0 aliphatic carbocycles. The van der Waals surface area contributed by atoms with E-state index in [4.69, 9.17) is 11.6 Å². The molecule has 1 aromatic carbocycles. The quantitative estimate of drug-likeness (QED) is 0.805. The van der Waals surface area contributed by atoms with Crippen molar-refractivity contribution < 1.29 is 12.3 Å². The highest BCUT2D eigenvalue weighted by Gasteiger charge is 2.13. The highest BCUT2D eigenvalue weighted by Crippen LogP contribution is 2.24. The van der Waals surface area contributed by atoms with Crippen LogP contribution in [0.1, 0.15) is 5.69 Å². The lowest BCUT2D eigenvalue weighted by atomic mass is 10.2. The first-order valence-corrected chi connectivity index (χ1v) is 6.72. The number of benzene rings is 1. The molecule has 0 spiro atoms. The SMILES string of the molecule is O=S(=O)(F)CCc1nnc2ccccc2c1Cl. The molecule has 4 nitrogen and oxygen atoms in total. The first-order chi connectivity index (χ1) is 7.97. The maximum absolute atomic E-state index is 12.4. The topological polar surface area (TPSA) is 59.9 Å². The summed E-state index contributed by atoms with van der Waals surface area (Å²) >= 11 is 6.05. The van der Waals surface area contributed by atoms with Crippen LogP contribution in [-0.2, 0) is 16.6 Å². The average Bonchev–Trinajstić information content (AvgIpc) is 2.27.